The lowest BCUT2D eigenvalue weighted by Crippen LogP contribution is -2.47. The predicted octanol–water partition coefficient (Wildman–Crippen LogP) is 1.11. The molecule has 0 aliphatic carbocycles. The largest absolute Gasteiger partial charge is 0.481 e. The molecule has 0 amide bonds. The number of rotatable bonds is 5. The molecule has 90 valence electrons. The quantitative estimate of drug-likeness (QED) is 0.669. The van der Waals surface area contributed by atoms with Crippen LogP contribution in [0.3, 0.4) is 0 Å². The van der Waals surface area contributed by atoms with Crippen LogP contribution in [0.5, 0.6) is 0 Å². The summed E-state index contributed by atoms with van der Waals surface area (Å²) in [7, 11) is 0. The minimum absolute atomic E-state index is 0. The maximum Gasteiger partial charge on any atom is 0.320 e. The molecule has 0 bridgehead atoms. The average molecular weight is 240 g/mol. The first kappa shape index (κ1) is 16.6. The van der Waals surface area contributed by atoms with E-state index in [0.29, 0.717) is 0 Å². The van der Waals surface area contributed by atoms with Gasteiger partial charge in [0.1, 0.15) is 6.04 Å². The SMILES string of the molecule is CC(C)(C)NC(CCC(=O)O)C(=O)O.Cl. The number of hydrogen-bond donors (Lipinski definition) is 3. The topological polar surface area (TPSA) is 86.6 Å². The summed E-state index contributed by atoms with van der Waals surface area (Å²) >= 11 is 0. The maximum atomic E-state index is 10.7. The highest BCUT2D eigenvalue weighted by Crippen LogP contribution is 2.06. The van der Waals surface area contributed by atoms with Gasteiger partial charge in [0, 0.05) is 12.0 Å². The van der Waals surface area contributed by atoms with E-state index in [2.05, 4.69) is 5.32 Å². The van der Waals surface area contributed by atoms with Gasteiger partial charge in [-0.15, -0.1) is 12.4 Å². The lowest BCUT2D eigenvalue weighted by Gasteiger charge is -2.25. The first-order valence-corrected chi connectivity index (χ1v) is 4.44. The van der Waals surface area contributed by atoms with Crippen LogP contribution < -0.4 is 5.32 Å². The van der Waals surface area contributed by atoms with Gasteiger partial charge in [0.25, 0.3) is 0 Å². The lowest BCUT2D eigenvalue weighted by atomic mass is 10.0. The molecule has 0 radical (unpaired) electrons. The zero-order valence-corrected chi connectivity index (χ0v) is 9.93. The van der Waals surface area contributed by atoms with Gasteiger partial charge in [0.2, 0.25) is 0 Å². The molecule has 0 aromatic heterocycles. The summed E-state index contributed by atoms with van der Waals surface area (Å²) in [5, 5.41) is 20.1. The second-order valence-corrected chi connectivity index (χ2v) is 4.22. The number of carboxylic acid groups (broad SMARTS) is 2. The van der Waals surface area contributed by atoms with Gasteiger partial charge >= 0.3 is 11.9 Å². The highest BCUT2D eigenvalue weighted by atomic mass is 35.5. The van der Waals surface area contributed by atoms with Gasteiger partial charge in [-0.2, -0.15) is 0 Å². The molecule has 5 nitrogen and oxygen atoms in total. The zero-order chi connectivity index (χ0) is 11.4. The second-order valence-electron chi connectivity index (χ2n) is 4.22. The van der Waals surface area contributed by atoms with Crippen molar-refractivity contribution in [2.45, 2.75) is 45.2 Å². The fourth-order valence-corrected chi connectivity index (χ4v) is 1.05. The van der Waals surface area contributed by atoms with E-state index in [0.717, 1.165) is 0 Å². The molecular formula is C9H18ClNO4. The molecule has 0 fully saturated rings. The standard InChI is InChI=1S/C9H17NO4.ClH/c1-9(2,3)10-6(8(13)14)4-5-7(11)12;/h6,10H,4-5H2,1-3H3,(H,11,12)(H,13,14);1H. The van der Waals surface area contributed by atoms with E-state index in [-0.39, 0.29) is 30.8 Å². The summed E-state index contributed by atoms with van der Waals surface area (Å²) in [5.41, 5.74) is -0.332. The fourth-order valence-electron chi connectivity index (χ4n) is 1.05. The van der Waals surface area contributed by atoms with Crippen molar-refractivity contribution in [1.82, 2.24) is 5.32 Å². The Morgan fingerprint density at radius 3 is 2.00 bits per heavy atom. The summed E-state index contributed by atoms with van der Waals surface area (Å²) < 4.78 is 0. The second kappa shape index (κ2) is 6.63. The van der Waals surface area contributed by atoms with Crippen molar-refractivity contribution >= 4 is 24.3 Å². The summed E-state index contributed by atoms with van der Waals surface area (Å²) in [6.07, 6.45) is -0.0397. The summed E-state index contributed by atoms with van der Waals surface area (Å²) in [6.45, 7) is 5.51. The summed E-state index contributed by atoms with van der Waals surface area (Å²) in [4.78, 5) is 21.0. The number of nitrogens with one attached hydrogen (secondary N) is 1. The van der Waals surface area contributed by atoms with Crippen molar-refractivity contribution in [3.8, 4) is 0 Å². The maximum absolute atomic E-state index is 10.7. The molecular weight excluding hydrogens is 222 g/mol. The molecule has 6 heteroatoms. The molecule has 0 spiro atoms. The predicted molar refractivity (Wildman–Crippen MR) is 58.4 cm³/mol. The minimum atomic E-state index is -1.01. The number of halogens is 1. The van der Waals surface area contributed by atoms with Crippen LogP contribution in [0.2, 0.25) is 0 Å². The Balaban J connectivity index is 0. The normalized spacial score (nSPS) is 12.7. The lowest BCUT2D eigenvalue weighted by molar-refractivity contribution is -0.141. The van der Waals surface area contributed by atoms with E-state index in [1.54, 1.807) is 0 Å². The molecule has 0 saturated carbocycles. The third-order valence-electron chi connectivity index (χ3n) is 1.55. The molecule has 0 aliphatic heterocycles. The molecule has 0 saturated heterocycles. The Labute approximate surface area is 95.3 Å². The molecule has 0 aromatic carbocycles. The van der Waals surface area contributed by atoms with Crippen LogP contribution in [0.15, 0.2) is 0 Å². The van der Waals surface area contributed by atoms with Crippen LogP contribution in [0.4, 0.5) is 0 Å². The number of carboxylic acids is 2. The summed E-state index contributed by atoms with van der Waals surface area (Å²) in [5.74, 6) is -1.99. The van der Waals surface area contributed by atoms with Crippen molar-refractivity contribution < 1.29 is 19.8 Å². The van der Waals surface area contributed by atoms with E-state index in [9.17, 15) is 9.59 Å². The van der Waals surface area contributed by atoms with Crippen molar-refractivity contribution in [3.05, 3.63) is 0 Å². The molecule has 3 N–H and O–H groups in total. The van der Waals surface area contributed by atoms with Crippen molar-refractivity contribution in [3.63, 3.8) is 0 Å². The third kappa shape index (κ3) is 9.49. The monoisotopic (exact) mass is 239 g/mol. The molecule has 0 aromatic rings. The molecule has 0 heterocycles. The van der Waals surface area contributed by atoms with Crippen molar-refractivity contribution in [1.29, 1.82) is 0 Å². The van der Waals surface area contributed by atoms with E-state index in [1.165, 1.54) is 0 Å². The van der Waals surface area contributed by atoms with Crippen LogP contribution >= 0.6 is 12.4 Å². The van der Waals surface area contributed by atoms with E-state index in [1.807, 2.05) is 20.8 Å². The number of hydrogen-bond acceptors (Lipinski definition) is 3. The van der Waals surface area contributed by atoms with Gasteiger partial charge in [-0.3, -0.25) is 14.9 Å². The van der Waals surface area contributed by atoms with Gasteiger partial charge in [0.05, 0.1) is 0 Å². The molecule has 15 heavy (non-hydrogen) atoms. The van der Waals surface area contributed by atoms with Gasteiger partial charge < -0.3 is 10.2 Å². The fraction of sp³-hybridized carbons (Fsp3) is 0.778. The Hall–Kier alpha value is -0.810. The van der Waals surface area contributed by atoms with Gasteiger partial charge in [-0.05, 0) is 27.2 Å². The highest BCUT2D eigenvalue weighted by molar-refractivity contribution is 5.85. The van der Waals surface area contributed by atoms with Gasteiger partial charge in [-0.1, -0.05) is 0 Å². The van der Waals surface area contributed by atoms with Crippen LogP contribution in [0, 0.1) is 0 Å². The van der Waals surface area contributed by atoms with Crippen LogP contribution in [0.25, 0.3) is 0 Å². The first-order chi connectivity index (χ1) is 6.22. The Morgan fingerprint density at radius 1 is 1.27 bits per heavy atom. The summed E-state index contributed by atoms with van der Waals surface area (Å²) in [6, 6.07) is -0.800. The van der Waals surface area contributed by atoms with Crippen molar-refractivity contribution in [2.24, 2.45) is 0 Å². The first-order valence-electron chi connectivity index (χ1n) is 4.44. The Bertz CT molecular complexity index is 225. The molecule has 1 unspecified atom stereocenters. The number of carbonyl (C=O) groups is 2. The van der Waals surface area contributed by atoms with E-state index < -0.39 is 18.0 Å². The molecule has 0 rings (SSSR count). The minimum Gasteiger partial charge on any atom is -0.481 e. The van der Waals surface area contributed by atoms with E-state index in [4.69, 9.17) is 10.2 Å². The third-order valence-corrected chi connectivity index (χ3v) is 1.55. The molecule has 0 aliphatic rings. The average Bonchev–Trinajstić information content (AvgIpc) is 1.94. The van der Waals surface area contributed by atoms with E-state index >= 15 is 0 Å². The number of aliphatic carboxylic acids is 2. The van der Waals surface area contributed by atoms with Crippen LogP contribution in [-0.2, 0) is 9.59 Å². The Kier molecular flexibility index (Phi) is 7.35. The van der Waals surface area contributed by atoms with Gasteiger partial charge in [-0.25, -0.2) is 0 Å². The zero-order valence-electron chi connectivity index (χ0n) is 9.11. The van der Waals surface area contributed by atoms with Crippen LogP contribution in [0.1, 0.15) is 33.6 Å². The molecule has 1 atom stereocenters. The Morgan fingerprint density at radius 2 is 1.73 bits per heavy atom. The van der Waals surface area contributed by atoms with Gasteiger partial charge in [0.15, 0.2) is 0 Å². The van der Waals surface area contributed by atoms with Crippen molar-refractivity contribution in [2.75, 3.05) is 0 Å². The highest BCUT2D eigenvalue weighted by Gasteiger charge is 2.23. The van der Waals surface area contributed by atoms with Crippen LogP contribution in [-0.4, -0.2) is 33.7 Å². The smallest absolute Gasteiger partial charge is 0.320 e.